The zero-order valence-electron chi connectivity index (χ0n) is 14.0. The fourth-order valence-electron chi connectivity index (χ4n) is 1.90. The van der Waals surface area contributed by atoms with E-state index in [9.17, 15) is 0 Å². The molecule has 0 aliphatic carbocycles. The molecule has 0 amide bonds. The van der Waals surface area contributed by atoms with Gasteiger partial charge in [0.1, 0.15) is 5.69 Å². The molecule has 0 bridgehead atoms. The summed E-state index contributed by atoms with van der Waals surface area (Å²) in [5.74, 6) is 0.738. The van der Waals surface area contributed by atoms with Gasteiger partial charge in [-0.2, -0.15) is 0 Å². The van der Waals surface area contributed by atoms with Crippen molar-refractivity contribution in [1.82, 2.24) is 9.97 Å². The minimum atomic E-state index is -1.90. The highest BCUT2D eigenvalue weighted by Crippen LogP contribution is 2.37. The molecule has 1 aromatic carbocycles. The standard InChI is InChI=1S/C17H26N2OSi/c1-7-10-15-16(20-21(5,6)17(2,3)4)19-14-12-9-8-11-13(14)18-15/h8-9,11-12H,7,10H2,1-6H3. The van der Waals surface area contributed by atoms with Gasteiger partial charge in [-0.3, -0.25) is 0 Å². The van der Waals surface area contributed by atoms with Gasteiger partial charge in [0.05, 0.1) is 11.0 Å². The molecule has 0 saturated carbocycles. The fourth-order valence-corrected chi connectivity index (χ4v) is 2.85. The van der Waals surface area contributed by atoms with Crippen LogP contribution in [0.15, 0.2) is 24.3 Å². The molecule has 0 atom stereocenters. The average Bonchev–Trinajstić information content (AvgIpc) is 2.38. The van der Waals surface area contributed by atoms with E-state index in [4.69, 9.17) is 14.4 Å². The number of benzene rings is 1. The second-order valence-corrected chi connectivity index (χ2v) is 11.8. The summed E-state index contributed by atoms with van der Waals surface area (Å²) in [7, 11) is -1.90. The lowest BCUT2D eigenvalue weighted by molar-refractivity contribution is 0.469. The van der Waals surface area contributed by atoms with E-state index in [0.717, 1.165) is 35.4 Å². The van der Waals surface area contributed by atoms with Crippen LogP contribution in [0.4, 0.5) is 0 Å². The van der Waals surface area contributed by atoms with Gasteiger partial charge in [0.25, 0.3) is 8.32 Å². The van der Waals surface area contributed by atoms with Gasteiger partial charge in [-0.05, 0) is 36.7 Å². The fraction of sp³-hybridized carbons (Fsp3) is 0.529. The summed E-state index contributed by atoms with van der Waals surface area (Å²) in [6, 6.07) is 8.00. The number of para-hydroxylation sites is 2. The molecule has 0 N–H and O–H groups in total. The molecule has 0 unspecified atom stereocenters. The van der Waals surface area contributed by atoms with Crippen LogP contribution in [0.2, 0.25) is 18.1 Å². The number of aryl methyl sites for hydroxylation is 1. The predicted octanol–water partition coefficient (Wildman–Crippen LogP) is 4.97. The van der Waals surface area contributed by atoms with Gasteiger partial charge < -0.3 is 4.43 Å². The molecule has 0 saturated heterocycles. The number of nitrogens with zero attached hydrogens (tertiary/aromatic N) is 2. The number of hydrogen-bond donors (Lipinski definition) is 0. The highest BCUT2D eigenvalue weighted by Gasteiger charge is 2.39. The van der Waals surface area contributed by atoms with Crippen molar-refractivity contribution in [3.63, 3.8) is 0 Å². The Morgan fingerprint density at radius 3 is 2.14 bits per heavy atom. The summed E-state index contributed by atoms with van der Waals surface area (Å²) in [6.07, 6.45) is 1.95. The summed E-state index contributed by atoms with van der Waals surface area (Å²) in [5.41, 5.74) is 2.84. The predicted molar refractivity (Wildman–Crippen MR) is 91.4 cm³/mol. The second-order valence-electron chi connectivity index (χ2n) is 7.08. The van der Waals surface area contributed by atoms with Crippen molar-refractivity contribution in [1.29, 1.82) is 0 Å². The molecule has 2 rings (SSSR count). The number of fused-ring (bicyclic) bond motifs is 1. The highest BCUT2D eigenvalue weighted by atomic mass is 28.4. The summed E-state index contributed by atoms with van der Waals surface area (Å²) >= 11 is 0. The van der Waals surface area contributed by atoms with E-state index >= 15 is 0 Å². The van der Waals surface area contributed by atoms with Crippen molar-refractivity contribution < 1.29 is 4.43 Å². The SMILES string of the molecule is CCCc1nc2ccccc2nc1O[Si](C)(C)C(C)(C)C. The highest BCUT2D eigenvalue weighted by molar-refractivity contribution is 6.74. The van der Waals surface area contributed by atoms with Crippen LogP contribution >= 0.6 is 0 Å². The molecule has 114 valence electrons. The molecular weight excluding hydrogens is 276 g/mol. The number of rotatable bonds is 4. The third-order valence-corrected chi connectivity index (χ3v) is 8.57. The maximum atomic E-state index is 6.42. The van der Waals surface area contributed by atoms with Crippen LogP contribution < -0.4 is 4.43 Å². The first-order chi connectivity index (χ1) is 9.74. The molecule has 0 radical (unpaired) electrons. The zero-order valence-corrected chi connectivity index (χ0v) is 15.0. The van der Waals surface area contributed by atoms with Gasteiger partial charge in [-0.1, -0.05) is 46.2 Å². The lowest BCUT2D eigenvalue weighted by Gasteiger charge is -2.36. The van der Waals surface area contributed by atoms with Crippen LogP contribution in [0, 0.1) is 0 Å². The van der Waals surface area contributed by atoms with E-state index in [1.165, 1.54) is 0 Å². The Hall–Kier alpha value is -1.42. The lowest BCUT2D eigenvalue weighted by Crippen LogP contribution is -2.44. The first-order valence-electron chi connectivity index (χ1n) is 7.69. The summed E-state index contributed by atoms with van der Waals surface area (Å²) in [4.78, 5) is 9.51. The second kappa shape index (κ2) is 5.76. The van der Waals surface area contributed by atoms with Gasteiger partial charge in [-0.25, -0.2) is 9.97 Å². The first kappa shape index (κ1) is 16.0. The van der Waals surface area contributed by atoms with Crippen molar-refractivity contribution in [3.05, 3.63) is 30.0 Å². The third kappa shape index (κ3) is 3.43. The molecule has 3 nitrogen and oxygen atoms in total. The molecule has 1 aromatic heterocycles. The van der Waals surface area contributed by atoms with E-state index in [-0.39, 0.29) is 5.04 Å². The van der Waals surface area contributed by atoms with Gasteiger partial charge in [-0.15, -0.1) is 0 Å². The molecule has 21 heavy (non-hydrogen) atoms. The summed E-state index contributed by atoms with van der Waals surface area (Å²) in [6.45, 7) is 13.4. The zero-order chi connectivity index (χ0) is 15.7. The van der Waals surface area contributed by atoms with Crippen LogP contribution in [-0.4, -0.2) is 18.3 Å². The van der Waals surface area contributed by atoms with Crippen LogP contribution in [0.5, 0.6) is 5.88 Å². The smallest absolute Gasteiger partial charge is 0.252 e. The molecule has 0 spiro atoms. The lowest BCUT2D eigenvalue weighted by atomic mass is 10.2. The van der Waals surface area contributed by atoms with Crippen LogP contribution in [0.1, 0.15) is 39.8 Å². The number of hydrogen-bond acceptors (Lipinski definition) is 3. The topological polar surface area (TPSA) is 35.0 Å². The van der Waals surface area contributed by atoms with Crippen molar-refractivity contribution in [3.8, 4) is 5.88 Å². The minimum absolute atomic E-state index is 0.157. The molecule has 0 aliphatic rings. The summed E-state index contributed by atoms with van der Waals surface area (Å²) < 4.78 is 6.42. The Morgan fingerprint density at radius 1 is 1.05 bits per heavy atom. The van der Waals surface area contributed by atoms with Gasteiger partial charge in [0, 0.05) is 0 Å². The van der Waals surface area contributed by atoms with Gasteiger partial charge >= 0.3 is 0 Å². The van der Waals surface area contributed by atoms with Crippen molar-refractivity contribution >= 4 is 19.4 Å². The Morgan fingerprint density at radius 2 is 1.62 bits per heavy atom. The molecule has 0 fully saturated rings. The van der Waals surface area contributed by atoms with E-state index in [2.05, 4.69) is 40.8 Å². The van der Waals surface area contributed by atoms with Crippen LogP contribution in [-0.2, 0) is 6.42 Å². The normalized spacial score (nSPS) is 12.7. The maximum absolute atomic E-state index is 6.42. The van der Waals surface area contributed by atoms with E-state index < -0.39 is 8.32 Å². The third-order valence-electron chi connectivity index (χ3n) is 4.25. The van der Waals surface area contributed by atoms with Crippen LogP contribution in [0.25, 0.3) is 11.0 Å². The van der Waals surface area contributed by atoms with Crippen molar-refractivity contribution in [2.75, 3.05) is 0 Å². The van der Waals surface area contributed by atoms with Crippen molar-refractivity contribution in [2.24, 2.45) is 0 Å². The van der Waals surface area contributed by atoms with E-state index in [0.29, 0.717) is 0 Å². The van der Waals surface area contributed by atoms with E-state index in [1.54, 1.807) is 0 Å². The van der Waals surface area contributed by atoms with Crippen LogP contribution in [0.3, 0.4) is 0 Å². The summed E-state index contributed by atoms with van der Waals surface area (Å²) in [5, 5.41) is 0.157. The average molecular weight is 302 g/mol. The molecule has 2 aromatic rings. The minimum Gasteiger partial charge on any atom is -0.529 e. The maximum Gasteiger partial charge on any atom is 0.252 e. The first-order valence-corrected chi connectivity index (χ1v) is 10.6. The van der Waals surface area contributed by atoms with Crippen molar-refractivity contribution in [2.45, 2.75) is 58.7 Å². The Bertz CT molecular complexity index is 632. The Kier molecular flexibility index (Phi) is 4.37. The van der Waals surface area contributed by atoms with E-state index in [1.807, 2.05) is 24.3 Å². The number of aromatic nitrogens is 2. The van der Waals surface area contributed by atoms with Gasteiger partial charge in [0.2, 0.25) is 5.88 Å². The molecule has 1 heterocycles. The molecule has 0 aliphatic heterocycles. The monoisotopic (exact) mass is 302 g/mol. The Labute approximate surface area is 128 Å². The Balaban J connectivity index is 2.48. The largest absolute Gasteiger partial charge is 0.529 e. The van der Waals surface area contributed by atoms with Gasteiger partial charge in [0.15, 0.2) is 0 Å². The molecule has 4 heteroatoms. The molecular formula is C17H26N2OSi. The quantitative estimate of drug-likeness (QED) is 0.748.